The Bertz CT molecular complexity index is 1110. The molecule has 0 amide bonds. The summed E-state index contributed by atoms with van der Waals surface area (Å²) >= 11 is 9.69. The summed E-state index contributed by atoms with van der Waals surface area (Å²) in [5.74, 6) is -0.996. The van der Waals surface area contributed by atoms with E-state index in [-0.39, 0.29) is 0 Å². The number of fused-ring (bicyclic) bond motifs is 1. The first-order valence-corrected chi connectivity index (χ1v) is 8.73. The quantitative estimate of drug-likeness (QED) is 0.362. The van der Waals surface area contributed by atoms with Crippen molar-refractivity contribution in [1.82, 2.24) is 15.0 Å². The van der Waals surface area contributed by atoms with Crippen LogP contribution in [0, 0.1) is 11.8 Å². The molecule has 2 aromatic carbocycles. The zero-order valence-electron chi connectivity index (χ0n) is 13.0. The lowest BCUT2D eigenvalue weighted by molar-refractivity contribution is 0.584. The second-order valence-corrected chi connectivity index (χ2v) is 6.72. The highest BCUT2D eigenvalue weighted by atomic mass is 79.9. The van der Waals surface area contributed by atoms with Crippen LogP contribution in [0.4, 0.5) is 8.78 Å². The van der Waals surface area contributed by atoms with Crippen LogP contribution >= 0.6 is 27.5 Å². The van der Waals surface area contributed by atoms with Crippen molar-refractivity contribution in [2.45, 2.75) is 0 Å². The van der Waals surface area contributed by atoms with Gasteiger partial charge in [-0.15, -0.1) is 0 Å². The molecule has 0 spiro atoms. The first kappa shape index (κ1) is 17.0. The molecule has 0 aliphatic carbocycles. The topological polar surface area (TPSA) is 38.7 Å². The molecule has 2 heterocycles. The van der Waals surface area contributed by atoms with Crippen LogP contribution in [0.1, 0.15) is 0 Å². The Balaban J connectivity index is 1.93. The molecule has 0 saturated heterocycles. The van der Waals surface area contributed by atoms with Crippen molar-refractivity contribution in [3.05, 3.63) is 76.1 Å². The summed E-state index contributed by atoms with van der Waals surface area (Å²) in [7, 11) is 0. The van der Waals surface area contributed by atoms with E-state index in [2.05, 4.69) is 30.9 Å². The molecule has 4 rings (SSSR count). The van der Waals surface area contributed by atoms with Crippen LogP contribution < -0.4 is 0 Å². The number of benzene rings is 2. The van der Waals surface area contributed by atoms with Gasteiger partial charge in [-0.2, -0.15) is 4.39 Å². The summed E-state index contributed by atoms with van der Waals surface area (Å²) in [4.78, 5) is 12.6. The normalized spacial score (nSPS) is 11.1. The van der Waals surface area contributed by atoms with Crippen LogP contribution in [0.5, 0.6) is 0 Å². The zero-order valence-corrected chi connectivity index (χ0v) is 15.4. The predicted octanol–water partition coefficient (Wildman–Crippen LogP) is 6.05. The largest absolute Gasteiger partial charge is 0.252 e. The fourth-order valence-electron chi connectivity index (χ4n) is 2.66. The van der Waals surface area contributed by atoms with Crippen molar-refractivity contribution >= 4 is 38.6 Å². The monoisotopic (exact) mass is 431 g/mol. The van der Waals surface area contributed by atoms with Gasteiger partial charge in [0.25, 0.3) is 0 Å². The third kappa shape index (κ3) is 2.95. The molecule has 0 saturated carbocycles. The van der Waals surface area contributed by atoms with Crippen LogP contribution in [-0.2, 0) is 0 Å². The second-order valence-electron chi connectivity index (χ2n) is 5.52. The van der Waals surface area contributed by atoms with E-state index in [9.17, 15) is 8.78 Å². The fourth-order valence-corrected chi connectivity index (χ4v) is 3.55. The number of aromatic nitrogens is 3. The number of halogens is 4. The van der Waals surface area contributed by atoms with Crippen LogP contribution in [0.2, 0.25) is 5.02 Å². The van der Waals surface area contributed by atoms with Gasteiger partial charge in [0.2, 0.25) is 5.95 Å². The van der Waals surface area contributed by atoms with E-state index >= 15 is 0 Å². The third-order valence-corrected chi connectivity index (χ3v) is 5.03. The molecule has 0 bridgehead atoms. The van der Waals surface area contributed by atoms with Crippen LogP contribution in [0.3, 0.4) is 0 Å². The fraction of sp³-hybridized carbons (Fsp3) is 0. The van der Waals surface area contributed by atoms with Crippen molar-refractivity contribution in [2.24, 2.45) is 0 Å². The molecule has 0 radical (unpaired) electrons. The molecule has 0 aliphatic heterocycles. The molecule has 0 fully saturated rings. The minimum absolute atomic E-state index is 0.290. The molecule has 26 heavy (non-hydrogen) atoms. The molecule has 0 unspecified atom stereocenters. The molecule has 0 atom stereocenters. The number of hydrogen-bond acceptors (Lipinski definition) is 3. The highest BCUT2D eigenvalue weighted by Gasteiger charge is 2.16. The van der Waals surface area contributed by atoms with E-state index in [1.807, 2.05) is 0 Å². The number of rotatable bonds is 2. The molecular weight excluding hydrogens is 424 g/mol. The molecule has 3 nitrogen and oxygen atoms in total. The lowest BCUT2D eigenvalue weighted by atomic mass is 10.0. The molecule has 0 N–H and O–H groups in total. The van der Waals surface area contributed by atoms with E-state index in [1.165, 1.54) is 18.3 Å². The summed E-state index contributed by atoms with van der Waals surface area (Å²) in [5, 5.41) is 0.303. The Hall–Kier alpha value is -2.44. The molecule has 0 aliphatic rings. The van der Waals surface area contributed by atoms with Crippen LogP contribution in [0.15, 0.2) is 59.3 Å². The SMILES string of the molecule is Fc1ccc(-c2cnc3ccc(-c4c(F)cccc4Cl)c(Br)c3n2)cn1. The van der Waals surface area contributed by atoms with Gasteiger partial charge >= 0.3 is 0 Å². The van der Waals surface area contributed by atoms with Crippen molar-refractivity contribution < 1.29 is 8.78 Å². The third-order valence-electron chi connectivity index (χ3n) is 3.91. The zero-order chi connectivity index (χ0) is 18.3. The Kier molecular flexibility index (Phi) is 4.38. The summed E-state index contributed by atoms with van der Waals surface area (Å²) in [6, 6.07) is 10.8. The maximum absolute atomic E-state index is 14.3. The maximum Gasteiger partial charge on any atom is 0.212 e. The smallest absolute Gasteiger partial charge is 0.212 e. The van der Waals surface area contributed by atoms with Crippen molar-refractivity contribution in [2.75, 3.05) is 0 Å². The van der Waals surface area contributed by atoms with Gasteiger partial charge in [-0.05, 0) is 46.3 Å². The average Bonchev–Trinajstić information content (AvgIpc) is 2.64. The lowest BCUT2D eigenvalue weighted by Crippen LogP contribution is -1.94. The van der Waals surface area contributed by atoms with Gasteiger partial charge in [0.15, 0.2) is 0 Å². The van der Waals surface area contributed by atoms with Gasteiger partial charge in [-0.3, -0.25) is 4.98 Å². The minimum atomic E-state index is -0.569. The van der Waals surface area contributed by atoms with E-state index in [4.69, 9.17) is 11.6 Å². The number of hydrogen-bond donors (Lipinski definition) is 0. The first-order valence-electron chi connectivity index (χ1n) is 7.56. The standard InChI is InChI=1S/C19H9BrClF2N3/c20-18-11(17-12(21)2-1-3-13(17)22)5-6-14-19(18)26-15(9-24-14)10-4-7-16(23)25-8-10/h1-9H. The number of pyridine rings is 1. The molecular formula is C19H9BrClF2N3. The predicted molar refractivity (Wildman–Crippen MR) is 101 cm³/mol. The van der Waals surface area contributed by atoms with Crippen LogP contribution in [0.25, 0.3) is 33.4 Å². The summed E-state index contributed by atoms with van der Waals surface area (Å²) in [6.07, 6.45) is 2.97. The van der Waals surface area contributed by atoms with Gasteiger partial charge in [0.05, 0.1) is 26.9 Å². The summed E-state index contributed by atoms with van der Waals surface area (Å²) in [5.41, 5.74) is 3.20. The Labute approximate surface area is 160 Å². The van der Waals surface area contributed by atoms with Crippen molar-refractivity contribution in [1.29, 1.82) is 0 Å². The average molecular weight is 433 g/mol. The minimum Gasteiger partial charge on any atom is -0.252 e. The van der Waals surface area contributed by atoms with Gasteiger partial charge in [-0.25, -0.2) is 14.4 Å². The van der Waals surface area contributed by atoms with Gasteiger partial charge in [0.1, 0.15) is 11.3 Å². The summed E-state index contributed by atoms with van der Waals surface area (Å²) < 4.78 is 27.9. The Morgan fingerprint density at radius 3 is 2.50 bits per heavy atom. The maximum atomic E-state index is 14.3. The van der Waals surface area contributed by atoms with E-state index in [0.717, 1.165) is 0 Å². The molecule has 2 aromatic heterocycles. The van der Waals surface area contributed by atoms with Gasteiger partial charge in [0, 0.05) is 22.9 Å². The highest BCUT2D eigenvalue weighted by Crippen LogP contribution is 2.38. The van der Waals surface area contributed by atoms with Crippen LogP contribution in [-0.4, -0.2) is 15.0 Å². The molecule has 128 valence electrons. The van der Waals surface area contributed by atoms with Crippen molar-refractivity contribution in [3.8, 4) is 22.4 Å². The lowest BCUT2D eigenvalue weighted by Gasteiger charge is -2.11. The first-order chi connectivity index (χ1) is 12.5. The summed E-state index contributed by atoms with van der Waals surface area (Å²) in [6.45, 7) is 0. The number of nitrogens with zero attached hydrogens (tertiary/aromatic N) is 3. The molecule has 4 aromatic rings. The van der Waals surface area contributed by atoms with E-state index in [0.29, 0.717) is 42.9 Å². The molecule has 7 heteroatoms. The van der Waals surface area contributed by atoms with Crippen molar-refractivity contribution in [3.63, 3.8) is 0 Å². The Morgan fingerprint density at radius 1 is 0.923 bits per heavy atom. The van der Waals surface area contributed by atoms with Gasteiger partial charge < -0.3 is 0 Å². The highest BCUT2D eigenvalue weighted by molar-refractivity contribution is 9.10. The second kappa shape index (κ2) is 6.70. The van der Waals surface area contributed by atoms with Gasteiger partial charge in [-0.1, -0.05) is 23.7 Å². The Morgan fingerprint density at radius 2 is 1.77 bits per heavy atom. The van der Waals surface area contributed by atoms with E-state index < -0.39 is 11.8 Å². The van der Waals surface area contributed by atoms with E-state index in [1.54, 1.807) is 36.5 Å².